The first-order valence-electron chi connectivity index (χ1n) is 2.20. The molecule has 45 valence electrons. The van der Waals surface area contributed by atoms with E-state index in [4.69, 9.17) is 5.11 Å². The molecule has 3 nitrogen and oxygen atoms in total. The summed E-state index contributed by atoms with van der Waals surface area (Å²) >= 11 is 0. The second-order valence-corrected chi connectivity index (χ2v) is 1.03. The van der Waals surface area contributed by atoms with Gasteiger partial charge in [-0.1, -0.05) is 0 Å². The lowest BCUT2D eigenvalue weighted by atomic mass is 10.6. The van der Waals surface area contributed by atoms with Gasteiger partial charge in [0.2, 0.25) is 0 Å². The van der Waals surface area contributed by atoms with Crippen LogP contribution in [0.1, 0.15) is 6.92 Å². The maximum Gasteiger partial charge on any atom is 0.332 e. The second-order valence-electron chi connectivity index (χ2n) is 1.03. The van der Waals surface area contributed by atoms with Crippen LogP contribution in [-0.4, -0.2) is 17.7 Å². The van der Waals surface area contributed by atoms with Crippen LogP contribution in [0.3, 0.4) is 0 Å². The Hall–Kier alpha value is -0.990. The SMILES string of the molecule is CCO/[C]=C/C(=O)O. The van der Waals surface area contributed by atoms with E-state index in [0.717, 1.165) is 6.08 Å². The molecule has 0 aliphatic heterocycles. The molecule has 3 heteroatoms. The molecular weight excluding hydrogens is 108 g/mol. The fourth-order valence-corrected chi connectivity index (χ4v) is 0.175. The van der Waals surface area contributed by atoms with E-state index in [2.05, 4.69) is 11.0 Å². The van der Waals surface area contributed by atoms with Crippen LogP contribution in [0.2, 0.25) is 0 Å². The van der Waals surface area contributed by atoms with Gasteiger partial charge in [-0.15, -0.1) is 0 Å². The van der Waals surface area contributed by atoms with E-state index >= 15 is 0 Å². The summed E-state index contributed by atoms with van der Waals surface area (Å²) in [6.45, 7) is 2.20. The zero-order valence-electron chi connectivity index (χ0n) is 4.55. The number of carboxylic acids is 1. The van der Waals surface area contributed by atoms with Crippen LogP contribution in [0.25, 0.3) is 0 Å². The smallest absolute Gasteiger partial charge is 0.332 e. The summed E-state index contributed by atoms with van der Waals surface area (Å²) in [5.41, 5.74) is 0. The summed E-state index contributed by atoms with van der Waals surface area (Å²) in [4.78, 5) is 9.68. The average molecular weight is 115 g/mol. The van der Waals surface area contributed by atoms with Gasteiger partial charge in [-0.2, -0.15) is 0 Å². The van der Waals surface area contributed by atoms with E-state index in [1.807, 2.05) is 0 Å². The molecule has 0 saturated carbocycles. The highest BCUT2D eigenvalue weighted by molar-refractivity contribution is 5.78. The van der Waals surface area contributed by atoms with Crippen molar-refractivity contribution in [2.24, 2.45) is 0 Å². The van der Waals surface area contributed by atoms with Crippen molar-refractivity contribution in [3.8, 4) is 0 Å². The van der Waals surface area contributed by atoms with Gasteiger partial charge >= 0.3 is 5.97 Å². The number of aliphatic carboxylic acids is 1. The largest absolute Gasteiger partial charge is 0.490 e. The van der Waals surface area contributed by atoms with Gasteiger partial charge in [0.1, 0.15) is 0 Å². The lowest BCUT2D eigenvalue weighted by molar-refractivity contribution is -0.131. The van der Waals surface area contributed by atoms with Crippen molar-refractivity contribution < 1.29 is 14.6 Å². The third kappa shape index (κ3) is 5.01. The van der Waals surface area contributed by atoms with Crippen molar-refractivity contribution >= 4 is 5.97 Å². The first-order chi connectivity index (χ1) is 3.77. The van der Waals surface area contributed by atoms with Crippen LogP contribution in [0.15, 0.2) is 6.08 Å². The molecular formula is C5H7O3. The van der Waals surface area contributed by atoms with E-state index in [0.29, 0.717) is 6.61 Å². The lowest BCUT2D eigenvalue weighted by Gasteiger charge is -1.85. The molecule has 0 aromatic rings. The minimum Gasteiger partial charge on any atom is -0.490 e. The topological polar surface area (TPSA) is 46.5 Å². The molecule has 0 aromatic carbocycles. The maximum absolute atomic E-state index is 9.68. The van der Waals surface area contributed by atoms with E-state index in [1.54, 1.807) is 6.92 Å². The van der Waals surface area contributed by atoms with Crippen LogP contribution in [0.4, 0.5) is 0 Å². The molecule has 0 aliphatic rings. The zero-order chi connectivity index (χ0) is 6.41. The second kappa shape index (κ2) is 4.18. The fraction of sp³-hybridized carbons (Fsp3) is 0.400. The molecule has 1 N–H and O–H groups in total. The van der Waals surface area contributed by atoms with Crippen LogP contribution < -0.4 is 0 Å². The fourth-order valence-electron chi connectivity index (χ4n) is 0.175. The van der Waals surface area contributed by atoms with Crippen LogP contribution in [-0.2, 0) is 9.53 Å². The molecule has 0 aliphatic carbocycles. The average Bonchev–Trinajstić information content (AvgIpc) is 1.66. The minimum atomic E-state index is -1.04. The molecule has 0 heterocycles. The Balaban J connectivity index is 3.20. The predicted octanol–water partition coefficient (Wildman–Crippen LogP) is 0.424. The van der Waals surface area contributed by atoms with Crippen molar-refractivity contribution in [3.63, 3.8) is 0 Å². The van der Waals surface area contributed by atoms with Crippen molar-refractivity contribution in [3.05, 3.63) is 12.3 Å². The summed E-state index contributed by atoms with van der Waals surface area (Å²) in [5, 5.41) is 7.94. The highest BCUT2D eigenvalue weighted by Gasteiger charge is 1.82. The van der Waals surface area contributed by atoms with Crippen LogP contribution >= 0.6 is 0 Å². The molecule has 1 radical (unpaired) electrons. The standard InChI is InChI=1S/C5H7O3/c1-2-8-4-3-5(6)7/h3H,2H2,1H3,(H,6,7). The molecule has 0 spiro atoms. The van der Waals surface area contributed by atoms with Crippen molar-refractivity contribution in [2.45, 2.75) is 6.92 Å². The molecule has 8 heavy (non-hydrogen) atoms. The zero-order valence-corrected chi connectivity index (χ0v) is 4.55. The summed E-state index contributed by atoms with van der Waals surface area (Å²) in [6.07, 6.45) is 2.93. The molecule has 0 unspecified atom stereocenters. The Bertz CT molecular complexity index is 95.8. The van der Waals surface area contributed by atoms with Gasteiger partial charge in [-0.3, -0.25) is 0 Å². The number of carbonyl (C=O) groups is 1. The van der Waals surface area contributed by atoms with Gasteiger partial charge in [-0.25, -0.2) is 4.79 Å². The van der Waals surface area contributed by atoms with Crippen molar-refractivity contribution in [1.29, 1.82) is 0 Å². The summed E-state index contributed by atoms with van der Waals surface area (Å²) in [7, 11) is 0. The van der Waals surface area contributed by atoms with Gasteiger partial charge in [0.15, 0.2) is 6.26 Å². The van der Waals surface area contributed by atoms with E-state index in [1.165, 1.54) is 0 Å². The third-order valence-corrected chi connectivity index (χ3v) is 0.410. The Morgan fingerprint density at radius 2 is 2.62 bits per heavy atom. The maximum atomic E-state index is 9.68. The van der Waals surface area contributed by atoms with Crippen molar-refractivity contribution in [2.75, 3.05) is 6.61 Å². The van der Waals surface area contributed by atoms with E-state index < -0.39 is 5.97 Å². The molecule has 0 rings (SSSR count). The molecule has 0 bridgehead atoms. The van der Waals surface area contributed by atoms with Crippen LogP contribution in [0, 0.1) is 6.26 Å². The third-order valence-electron chi connectivity index (χ3n) is 0.410. The summed E-state index contributed by atoms with van der Waals surface area (Å²) in [5.74, 6) is -1.04. The lowest BCUT2D eigenvalue weighted by Crippen LogP contribution is -1.87. The quantitative estimate of drug-likeness (QED) is 0.428. The predicted molar refractivity (Wildman–Crippen MR) is 27.1 cm³/mol. The van der Waals surface area contributed by atoms with Crippen LogP contribution in [0.5, 0.6) is 0 Å². The molecule has 0 aromatic heterocycles. The number of hydrogen-bond donors (Lipinski definition) is 1. The Morgan fingerprint density at radius 1 is 2.00 bits per heavy atom. The molecule has 0 fully saturated rings. The van der Waals surface area contributed by atoms with Gasteiger partial charge in [0.05, 0.1) is 12.7 Å². The molecule has 0 amide bonds. The normalized spacial score (nSPS) is 9.62. The highest BCUT2D eigenvalue weighted by atomic mass is 16.5. The minimum absolute atomic E-state index is 0.448. The van der Waals surface area contributed by atoms with E-state index in [9.17, 15) is 4.79 Å². The first kappa shape index (κ1) is 7.01. The Kier molecular flexibility index (Phi) is 3.66. The molecule has 0 atom stereocenters. The molecule has 0 saturated heterocycles. The van der Waals surface area contributed by atoms with Gasteiger partial charge in [0.25, 0.3) is 0 Å². The number of rotatable bonds is 3. The monoisotopic (exact) mass is 115 g/mol. The Morgan fingerprint density at radius 3 is 3.00 bits per heavy atom. The highest BCUT2D eigenvalue weighted by Crippen LogP contribution is 1.73. The first-order valence-corrected chi connectivity index (χ1v) is 2.20. The summed E-state index contributed by atoms with van der Waals surface area (Å²) in [6, 6.07) is 0. The van der Waals surface area contributed by atoms with Crippen molar-refractivity contribution in [1.82, 2.24) is 0 Å². The summed E-state index contributed by atoms with van der Waals surface area (Å²) < 4.78 is 4.46. The number of hydrogen-bond acceptors (Lipinski definition) is 2. The van der Waals surface area contributed by atoms with Gasteiger partial charge in [0, 0.05) is 0 Å². The van der Waals surface area contributed by atoms with E-state index in [-0.39, 0.29) is 0 Å². The number of ether oxygens (including phenoxy) is 1. The Labute approximate surface area is 47.6 Å². The van der Waals surface area contributed by atoms with Gasteiger partial charge < -0.3 is 9.84 Å². The van der Waals surface area contributed by atoms with Gasteiger partial charge in [-0.05, 0) is 6.92 Å². The number of carboxylic acid groups (broad SMARTS) is 1.